The molecule has 0 radical (unpaired) electrons. The van der Waals surface area contributed by atoms with Gasteiger partial charge in [0.25, 0.3) is 0 Å². The van der Waals surface area contributed by atoms with Gasteiger partial charge in [0, 0.05) is 19.8 Å². The van der Waals surface area contributed by atoms with Crippen LogP contribution in [0.15, 0.2) is 54.6 Å². The normalized spacial score (nSPS) is 10.8. The van der Waals surface area contributed by atoms with Crippen LogP contribution in [0.3, 0.4) is 0 Å². The lowest BCUT2D eigenvalue weighted by atomic mass is 10.1. The fourth-order valence-corrected chi connectivity index (χ4v) is 4.35. The minimum absolute atomic E-state index is 0.478. The zero-order valence-electron chi connectivity index (χ0n) is 28.4. The van der Waals surface area contributed by atoms with Crippen LogP contribution in [-0.2, 0) is 14.2 Å². The lowest BCUT2D eigenvalue weighted by molar-refractivity contribution is 0.100. The van der Waals surface area contributed by atoms with Crippen molar-refractivity contribution in [1.82, 2.24) is 0 Å². The van der Waals surface area contributed by atoms with Crippen molar-refractivity contribution in [3.8, 4) is 34.5 Å². The van der Waals surface area contributed by atoms with Crippen LogP contribution in [0.25, 0.3) is 0 Å². The number of hydrogen-bond donors (Lipinski definition) is 0. The first-order chi connectivity index (χ1) is 22.4. The molecule has 3 aromatic rings. The molecule has 0 saturated heterocycles. The standard InChI is InChI=1S/C36H51BO9/c1-7-16-38-19-22-41-34-13-10-31(25-28(34)4)44-37(45-32-11-14-35(29(5)26-32)42-23-20-39-17-8-2)46-33-12-15-36(30(6)27-33)43-24-21-40-18-9-3/h10-15,25-27H,7-9,16-24H2,1-6H3. The van der Waals surface area contributed by atoms with Crippen molar-refractivity contribution in [2.24, 2.45) is 0 Å². The van der Waals surface area contributed by atoms with E-state index >= 15 is 0 Å². The van der Waals surface area contributed by atoms with Crippen molar-refractivity contribution in [3.05, 3.63) is 71.3 Å². The summed E-state index contributed by atoms with van der Waals surface area (Å²) in [6.45, 7) is 17.4. The van der Waals surface area contributed by atoms with E-state index in [0.29, 0.717) is 56.9 Å². The SMILES string of the molecule is CCCOCCOc1ccc(OB(Oc2ccc(OCCOCCC)c(C)c2)Oc2ccc(OCCOCCC)c(C)c2)cc1C. The average molecular weight is 639 g/mol. The molecule has 9 nitrogen and oxygen atoms in total. The second kappa shape index (κ2) is 21.2. The van der Waals surface area contributed by atoms with Gasteiger partial charge < -0.3 is 42.4 Å². The average Bonchev–Trinajstić information content (AvgIpc) is 3.03. The van der Waals surface area contributed by atoms with Crippen LogP contribution in [0.4, 0.5) is 0 Å². The highest BCUT2D eigenvalue weighted by Gasteiger charge is 2.31. The Kier molecular flexibility index (Phi) is 17.0. The quantitative estimate of drug-likeness (QED) is 0.0730. The molecular weight excluding hydrogens is 587 g/mol. The van der Waals surface area contributed by atoms with Gasteiger partial charge in [0.2, 0.25) is 0 Å². The van der Waals surface area contributed by atoms with E-state index < -0.39 is 7.32 Å². The molecule has 0 bridgehead atoms. The fourth-order valence-electron chi connectivity index (χ4n) is 4.35. The summed E-state index contributed by atoms with van der Waals surface area (Å²) >= 11 is 0. The summed E-state index contributed by atoms with van der Waals surface area (Å²) < 4.78 is 53.0. The van der Waals surface area contributed by atoms with Crippen LogP contribution in [-0.4, -0.2) is 66.8 Å². The molecule has 0 N–H and O–H groups in total. The van der Waals surface area contributed by atoms with Gasteiger partial charge in [0.05, 0.1) is 19.8 Å². The van der Waals surface area contributed by atoms with Gasteiger partial charge in [-0.1, -0.05) is 20.8 Å². The number of hydrogen-bond acceptors (Lipinski definition) is 9. The van der Waals surface area contributed by atoms with Crippen molar-refractivity contribution in [3.63, 3.8) is 0 Å². The molecule has 0 aliphatic carbocycles. The van der Waals surface area contributed by atoms with E-state index in [1.807, 2.05) is 75.4 Å². The highest BCUT2D eigenvalue weighted by molar-refractivity contribution is 6.39. The van der Waals surface area contributed by atoms with Gasteiger partial charge >= 0.3 is 7.32 Å². The van der Waals surface area contributed by atoms with Gasteiger partial charge in [-0.05, 0) is 111 Å². The van der Waals surface area contributed by atoms with E-state index in [9.17, 15) is 0 Å². The largest absolute Gasteiger partial charge is 0.864 e. The fraction of sp³-hybridized carbons (Fsp3) is 0.500. The Morgan fingerprint density at radius 3 is 0.978 bits per heavy atom. The summed E-state index contributed by atoms with van der Waals surface area (Å²) in [6.07, 6.45) is 2.94. The van der Waals surface area contributed by atoms with E-state index in [1.54, 1.807) is 0 Å². The van der Waals surface area contributed by atoms with Gasteiger partial charge in [-0.25, -0.2) is 0 Å². The van der Waals surface area contributed by atoms with Gasteiger partial charge in [-0.2, -0.15) is 0 Å². The molecule has 3 rings (SSSR count). The summed E-state index contributed by atoms with van der Waals surface area (Å²) in [6, 6.07) is 16.8. The van der Waals surface area contributed by atoms with Gasteiger partial charge in [-0.15, -0.1) is 0 Å². The van der Waals surface area contributed by atoms with Crippen molar-refractivity contribution in [2.45, 2.75) is 60.8 Å². The summed E-state index contributed by atoms with van der Waals surface area (Å²) in [5.41, 5.74) is 2.77. The van der Waals surface area contributed by atoms with Crippen LogP contribution >= 0.6 is 0 Å². The molecule has 0 saturated carbocycles. The Morgan fingerprint density at radius 1 is 0.413 bits per heavy atom. The van der Waals surface area contributed by atoms with E-state index in [1.165, 1.54) is 0 Å². The zero-order chi connectivity index (χ0) is 33.0. The van der Waals surface area contributed by atoms with Gasteiger partial charge in [0.1, 0.15) is 54.3 Å². The minimum Gasteiger partial charge on any atom is -0.491 e. The number of aryl methyl sites for hydroxylation is 3. The molecule has 0 aliphatic rings. The monoisotopic (exact) mass is 638 g/mol. The van der Waals surface area contributed by atoms with E-state index in [2.05, 4.69) is 20.8 Å². The topological polar surface area (TPSA) is 83.1 Å². The van der Waals surface area contributed by atoms with Crippen LogP contribution in [0.5, 0.6) is 34.5 Å². The predicted octanol–water partition coefficient (Wildman–Crippen LogP) is 7.55. The lowest BCUT2D eigenvalue weighted by Crippen LogP contribution is -2.37. The first-order valence-corrected chi connectivity index (χ1v) is 16.4. The first-order valence-electron chi connectivity index (χ1n) is 16.4. The molecule has 0 spiro atoms. The van der Waals surface area contributed by atoms with Crippen molar-refractivity contribution >= 4 is 7.32 Å². The molecule has 0 unspecified atom stereocenters. The molecule has 252 valence electrons. The third kappa shape index (κ3) is 13.4. The number of benzene rings is 3. The van der Waals surface area contributed by atoms with Crippen LogP contribution < -0.4 is 28.2 Å². The summed E-state index contributed by atoms with van der Waals surface area (Å²) in [4.78, 5) is 0. The molecule has 3 aromatic carbocycles. The number of rotatable bonds is 24. The van der Waals surface area contributed by atoms with E-state index in [0.717, 1.165) is 73.0 Å². The zero-order valence-corrected chi connectivity index (χ0v) is 28.4. The van der Waals surface area contributed by atoms with Crippen molar-refractivity contribution in [2.75, 3.05) is 59.5 Å². The molecule has 0 fully saturated rings. The van der Waals surface area contributed by atoms with Gasteiger partial charge in [0.15, 0.2) is 0 Å². The Hall–Kier alpha value is -3.60. The maximum atomic E-state index is 6.24. The predicted molar refractivity (Wildman–Crippen MR) is 181 cm³/mol. The molecule has 0 amide bonds. The summed E-state index contributed by atoms with van der Waals surface area (Å²) in [7, 11) is -1.09. The molecule has 0 heterocycles. The second-order valence-corrected chi connectivity index (χ2v) is 10.8. The smallest absolute Gasteiger partial charge is 0.491 e. The Labute approximate surface area is 275 Å². The van der Waals surface area contributed by atoms with Gasteiger partial charge in [-0.3, -0.25) is 0 Å². The van der Waals surface area contributed by atoms with E-state index in [4.69, 9.17) is 42.4 Å². The Bertz CT molecular complexity index is 1130. The highest BCUT2D eigenvalue weighted by Crippen LogP contribution is 2.29. The highest BCUT2D eigenvalue weighted by atomic mass is 16.7. The number of ether oxygens (including phenoxy) is 6. The third-order valence-electron chi connectivity index (χ3n) is 6.64. The summed E-state index contributed by atoms with van der Waals surface area (Å²) in [5, 5.41) is 0. The molecule has 46 heavy (non-hydrogen) atoms. The molecule has 0 aliphatic heterocycles. The van der Waals surface area contributed by atoms with Crippen LogP contribution in [0, 0.1) is 20.8 Å². The molecule has 0 atom stereocenters. The molecule has 10 heteroatoms. The second-order valence-electron chi connectivity index (χ2n) is 10.8. The van der Waals surface area contributed by atoms with Crippen LogP contribution in [0.1, 0.15) is 56.7 Å². The maximum Gasteiger partial charge on any atom is 0.864 e. The Morgan fingerprint density at radius 2 is 0.717 bits per heavy atom. The molecular formula is C36H51BO9. The minimum atomic E-state index is -1.09. The molecule has 0 aromatic heterocycles. The van der Waals surface area contributed by atoms with Crippen molar-refractivity contribution < 1.29 is 42.4 Å². The van der Waals surface area contributed by atoms with Crippen molar-refractivity contribution in [1.29, 1.82) is 0 Å². The van der Waals surface area contributed by atoms with Crippen LogP contribution in [0.2, 0.25) is 0 Å². The van der Waals surface area contributed by atoms with E-state index in [-0.39, 0.29) is 0 Å². The first kappa shape index (κ1) is 36.9. The summed E-state index contributed by atoms with van der Waals surface area (Å²) in [5.74, 6) is 4.02. The third-order valence-corrected chi connectivity index (χ3v) is 6.64. The maximum absolute atomic E-state index is 6.24. The lowest BCUT2D eigenvalue weighted by Gasteiger charge is -2.19. The Balaban J connectivity index is 1.71.